The van der Waals surface area contributed by atoms with E-state index < -0.39 is 0 Å². The second-order valence-corrected chi connectivity index (χ2v) is 6.87. The molecule has 0 atom stereocenters. The Morgan fingerprint density at radius 1 is 1.04 bits per heavy atom. The van der Waals surface area contributed by atoms with Crippen LogP contribution >= 0.6 is 11.6 Å². The molecule has 7 nitrogen and oxygen atoms in total. The van der Waals surface area contributed by atoms with Gasteiger partial charge in [0, 0.05) is 32.2 Å². The third-order valence-electron chi connectivity index (χ3n) is 4.45. The minimum absolute atomic E-state index is 0.463. The molecule has 26 heavy (non-hydrogen) atoms. The Kier molecular flexibility index (Phi) is 5.01. The van der Waals surface area contributed by atoms with Crippen molar-refractivity contribution in [3.63, 3.8) is 0 Å². The van der Waals surface area contributed by atoms with Gasteiger partial charge >= 0.3 is 0 Å². The van der Waals surface area contributed by atoms with Gasteiger partial charge in [0.05, 0.1) is 29.4 Å². The molecule has 0 saturated carbocycles. The number of rotatable bonds is 5. The first-order chi connectivity index (χ1) is 12.7. The lowest BCUT2D eigenvalue weighted by atomic mass is 10.2. The summed E-state index contributed by atoms with van der Waals surface area (Å²) in [5.74, 6) is 1.99. The Balaban J connectivity index is 1.31. The summed E-state index contributed by atoms with van der Waals surface area (Å²) in [4.78, 5) is 4.67. The van der Waals surface area contributed by atoms with Crippen LogP contribution in [-0.4, -0.2) is 51.3 Å². The molecule has 0 amide bonds. The van der Waals surface area contributed by atoms with Gasteiger partial charge < -0.3 is 8.94 Å². The van der Waals surface area contributed by atoms with E-state index in [1.165, 1.54) is 0 Å². The fourth-order valence-electron chi connectivity index (χ4n) is 3.07. The summed E-state index contributed by atoms with van der Waals surface area (Å²) >= 11 is 6.19. The van der Waals surface area contributed by atoms with Crippen LogP contribution in [-0.2, 0) is 13.1 Å². The maximum absolute atomic E-state index is 6.19. The van der Waals surface area contributed by atoms with Gasteiger partial charge in [0.1, 0.15) is 0 Å². The Hall–Kier alpha value is -2.22. The molecule has 3 heterocycles. The zero-order valence-corrected chi connectivity index (χ0v) is 15.3. The second-order valence-electron chi connectivity index (χ2n) is 6.47. The van der Waals surface area contributed by atoms with Crippen LogP contribution in [0.2, 0.25) is 5.02 Å². The number of halogens is 1. The topological polar surface area (TPSA) is 71.4 Å². The lowest BCUT2D eigenvalue weighted by molar-refractivity contribution is 0.107. The highest BCUT2D eigenvalue weighted by molar-refractivity contribution is 6.33. The molecule has 4 rings (SSSR count). The lowest BCUT2D eigenvalue weighted by Gasteiger charge is -2.33. The van der Waals surface area contributed by atoms with Crippen molar-refractivity contribution in [1.82, 2.24) is 25.2 Å². The largest absolute Gasteiger partial charge is 0.419 e. The SMILES string of the molecule is Cc1cc(CN2CCN(Cc3nnc(-c4ccccc4Cl)o3)CC2)on1. The molecule has 1 aliphatic heterocycles. The third kappa shape index (κ3) is 3.95. The predicted molar refractivity (Wildman–Crippen MR) is 96.5 cm³/mol. The van der Waals surface area contributed by atoms with Gasteiger partial charge in [-0.3, -0.25) is 9.80 Å². The highest BCUT2D eigenvalue weighted by Crippen LogP contribution is 2.26. The van der Waals surface area contributed by atoms with Crippen molar-refractivity contribution in [2.75, 3.05) is 26.2 Å². The first-order valence-electron chi connectivity index (χ1n) is 8.61. The molecule has 0 radical (unpaired) electrons. The van der Waals surface area contributed by atoms with E-state index in [1.807, 2.05) is 37.3 Å². The van der Waals surface area contributed by atoms with Crippen LogP contribution in [0.25, 0.3) is 11.5 Å². The van der Waals surface area contributed by atoms with Gasteiger partial charge in [-0.05, 0) is 19.1 Å². The summed E-state index contributed by atoms with van der Waals surface area (Å²) in [6, 6.07) is 9.46. The van der Waals surface area contributed by atoms with Gasteiger partial charge in [-0.2, -0.15) is 0 Å². The molecule has 136 valence electrons. The molecule has 1 aromatic carbocycles. The molecule has 0 bridgehead atoms. The quantitative estimate of drug-likeness (QED) is 0.680. The Labute approximate surface area is 156 Å². The average Bonchev–Trinajstić information content (AvgIpc) is 3.26. The molecular weight excluding hydrogens is 354 g/mol. The summed E-state index contributed by atoms with van der Waals surface area (Å²) < 4.78 is 11.1. The van der Waals surface area contributed by atoms with Crippen LogP contribution in [0.4, 0.5) is 0 Å². The van der Waals surface area contributed by atoms with E-state index in [9.17, 15) is 0 Å². The van der Waals surface area contributed by atoms with Gasteiger partial charge in [0.25, 0.3) is 0 Å². The van der Waals surface area contributed by atoms with Crippen LogP contribution in [0.15, 0.2) is 39.3 Å². The molecule has 0 N–H and O–H groups in total. The maximum Gasteiger partial charge on any atom is 0.249 e. The minimum Gasteiger partial charge on any atom is -0.419 e. The van der Waals surface area contributed by atoms with E-state index in [4.69, 9.17) is 20.5 Å². The van der Waals surface area contributed by atoms with E-state index in [0.717, 1.165) is 49.7 Å². The molecule has 8 heteroatoms. The molecule has 1 saturated heterocycles. The van der Waals surface area contributed by atoms with Gasteiger partial charge in [-0.25, -0.2) is 0 Å². The van der Waals surface area contributed by atoms with Gasteiger partial charge in [-0.15, -0.1) is 10.2 Å². The van der Waals surface area contributed by atoms with Crippen LogP contribution in [0.1, 0.15) is 17.3 Å². The molecule has 0 spiro atoms. The fraction of sp³-hybridized carbons (Fsp3) is 0.389. The Morgan fingerprint density at radius 3 is 2.46 bits per heavy atom. The molecule has 1 aliphatic rings. The van der Waals surface area contributed by atoms with Gasteiger partial charge in [-0.1, -0.05) is 28.9 Å². The Bertz CT molecular complexity index is 870. The Morgan fingerprint density at radius 2 is 1.77 bits per heavy atom. The minimum atomic E-state index is 0.463. The monoisotopic (exact) mass is 373 g/mol. The van der Waals surface area contributed by atoms with Crippen molar-refractivity contribution in [2.45, 2.75) is 20.0 Å². The van der Waals surface area contributed by atoms with Crippen molar-refractivity contribution < 1.29 is 8.94 Å². The lowest BCUT2D eigenvalue weighted by Crippen LogP contribution is -2.45. The van der Waals surface area contributed by atoms with Crippen LogP contribution in [0.3, 0.4) is 0 Å². The number of aryl methyl sites for hydroxylation is 1. The van der Waals surface area contributed by atoms with E-state index in [0.29, 0.717) is 23.3 Å². The number of aromatic nitrogens is 3. The van der Waals surface area contributed by atoms with Gasteiger partial charge in [0.15, 0.2) is 5.76 Å². The smallest absolute Gasteiger partial charge is 0.249 e. The zero-order chi connectivity index (χ0) is 17.9. The molecular formula is C18H20ClN5O2. The first kappa shape index (κ1) is 17.2. The highest BCUT2D eigenvalue weighted by Gasteiger charge is 2.20. The third-order valence-corrected chi connectivity index (χ3v) is 4.78. The summed E-state index contributed by atoms with van der Waals surface area (Å²) in [5.41, 5.74) is 1.68. The molecule has 1 fully saturated rings. The maximum atomic E-state index is 6.19. The summed E-state index contributed by atoms with van der Waals surface area (Å²) in [7, 11) is 0. The van der Waals surface area contributed by atoms with Crippen LogP contribution < -0.4 is 0 Å². The summed E-state index contributed by atoms with van der Waals surface area (Å²) in [6.45, 7) is 7.19. The van der Waals surface area contributed by atoms with E-state index in [2.05, 4.69) is 25.2 Å². The molecule has 0 aliphatic carbocycles. The van der Waals surface area contributed by atoms with E-state index in [-0.39, 0.29) is 0 Å². The zero-order valence-electron chi connectivity index (χ0n) is 14.6. The van der Waals surface area contributed by atoms with Crippen molar-refractivity contribution >= 4 is 11.6 Å². The average molecular weight is 374 g/mol. The van der Waals surface area contributed by atoms with Crippen molar-refractivity contribution in [2.24, 2.45) is 0 Å². The summed E-state index contributed by atoms with van der Waals surface area (Å²) in [5, 5.41) is 12.8. The van der Waals surface area contributed by atoms with Crippen molar-refractivity contribution in [1.29, 1.82) is 0 Å². The summed E-state index contributed by atoms with van der Waals surface area (Å²) in [6.07, 6.45) is 0. The highest BCUT2D eigenvalue weighted by atomic mass is 35.5. The van der Waals surface area contributed by atoms with E-state index >= 15 is 0 Å². The first-order valence-corrected chi connectivity index (χ1v) is 8.99. The van der Waals surface area contributed by atoms with Crippen LogP contribution in [0.5, 0.6) is 0 Å². The second kappa shape index (κ2) is 7.57. The van der Waals surface area contributed by atoms with E-state index in [1.54, 1.807) is 0 Å². The van der Waals surface area contributed by atoms with Gasteiger partial charge in [0.2, 0.25) is 11.8 Å². The molecule has 2 aromatic heterocycles. The normalized spacial score (nSPS) is 16.2. The fourth-order valence-corrected chi connectivity index (χ4v) is 3.29. The predicted octanol–water partition coefficient (Wildman–Crippen LogP) is 3.00. The number of nitrogens with zero attached hydrogens (tertiary/aromatic N) is 5. The number of hydrogen-bond donors (Lipinski definition) is 0. The number of benzene rings is 1. The number of hydrogen-bond acceptors (Lipinski definition) is 7. The molecule has 0 unspecified atom stereocenters. The number of piperazine rings is 1. The van der Waals surface area contributed by atoms with Crippen molar-refractivity contribution in [3.8, 4) is 11.5 Å². The molecule has 3 aromatic rings. The van der Waals surface area contributed by atoms with Crippen molar-refractivity contribution in [3.05, 3.63) is 52.7 Å². The standard InChI is InChI=1S/C18H20ClN5O2/c1-13-10-14(26-22-13)11-23-6-8-24(9-7-23)12-17-20-21-18(25-17)15-4-2-3-5-16(15)19/h2-5,10H,6-9,11-12H2,1H3. The van der Waals surface area contributed by atoms with Crippen LogP contribution in [0, 0.1) is 6.92 Å².